The van der Waals surface area contributed by atoms with E-state index in [1.807, 2.05) is 12.3 Å². The molecule has 4 rings (SSSR count). The van der Waals surface area contributed by atoms with Gasteiger partial charge in [0.1, 0.15) is 11.6 Å². The van der Waals surface area contributed by atoms with Crippen molar-refractivity contribution >= 4 is 28.3 Å². The molecule has 3 aromatic rings. The van der Waals surface area contributed by atoms with E-state index in [9.17, 15) is 4.79 Å². The van der Waals surface area contributed by atoms with Gasteiger partial charge in [0, 0.05) is 62.4 Å². The Bertz CT molecular complexity index is 945. The van der Waals surface area contributed by atoms with E-state index in [4.69, 9.17) is 4.74 Å². The van der Waals surface area contributed by atoms with E-state index in [-0.39, 0.29) is 5.91 Å². The van der Waals surface area contributed by atoms with Crippen molar-refractivity contribution in [2.24, 2.45) is 0 Å². The van der Waals surface area contributed by atoms with Crippen LogP contribution in [0.5, 0.6) is 5.75 Å². The normalized spacial score (nSPS) is 14.9. The molecule has 2 aromatic heterocycles. The van der Waals surface area contributed by atoms with Gasteiger partial charge < -0.3 is 19.9 Å². The number of amides is 1. The first kappa shape index (κ1) is 19.3. The minimum atomic E-state index is -0.129. The Morgan fingerprint density at radius 2 is 2.03 bits per heavy atom. The molecule has 1 aromatic carbocycles. The van der Waals surface area contributed by atoms with Crippen molar-refractivity contribution in [1.29, 1.82) is 0 Å². The van der Waals surface area contributed by atoms with Crippen molar-refractivity contribution in [2.75, 3.05) is 49.5 Å². The molecule has 0 spiro atoms. The quantitative estimate of drug-likeness (QED) is 0.604. The SMILES string of the molecule is CC(=O)Nc1ccc(OCCCN2CCN(c3cccc4[nH]ccc34)CC2)cn1. The number of benzene rings is 1. The first-order valence-electron chi connectivity index (χ1n) is 10.1. The van der Waals surface area contributed by atoms with Gasteiger partial charge in [0.25, 0.3) is 0 Å². The summed E-state index contributed by atoms with van der Waals surface area (Å²) in [5.41, 5.74) is 2.52. The van der Waals surface area contributed by atoms with Crippen molar-refractivity contribution in [2.45, 2.75) is 13.3 Å². The van der Waals surface area contributed by atoms with Gasteiger partial charge in [-0.2, -0.15) is 0 Å². The summed E-state index contributed by atoms with van der Waals surface area (Å²) in [5.74, 6) is 1.14. The predicted octanol–water partition coefficient (Wildman–Crippen LogP) is 3.11. The molecule has 1 saturated heterocycles. The number of H-pyrrole nitrogens is 1. The number of rotatable bonds is 7. The fourth-order valence-electron chi connectivity index (χ4n) is 3.76. The third kappa shape index (κ3) is 4.86. The molecular weight excluding hydrogens is 366 g/mol. The maximum atomic E-state index is 11.0. The molecule has 0 unspecified atom stereocenters. The van der Waals surface area contributed by atoms with Crippen LogP contribution in [0.25, 0.3) is 10.9 Å². The molecule has 1 aliphatic heterocycles. The minimum Gasteiger partial charge on any atom is -0.492 e. The maximum Gasteiger partial charge on any atom is 0.222 e. The third-order valence-electron chi connectivity index (χ3n) is 5.21. The van der Waals surface area contributed by atoms with Crippen molar-refractivity contribution in [1.82, 2.24) is 14.9 Å². The number of hydrogen-bond donors (Lipinski definition) is 2. The van der Waals surface area contributed by atoms with Gasteiger partial charge in [0.2, 0.25) is 5.91 Å². The molecule has 152 valence electrons. The third-order valence-corrected chi connectivity index (χ3v) is 5.21. The van der Waals surface area contributed by atoms with Gasteiger partial charge in [-0.05, 0) is 36.8 Å². The van der Waals surface area contributed by atoms with E-state index < -0.39 is 0 Å². The lowest BCUT2D eigenvalue weighted by molar-refractivity contribution is -0.114. The van der Waals surface area contributed by atoms with Gasteiger partial charge in [-0.3, -0.25) is 9.69 Å². The smallest absolute Gasteiger partial charge is 0.222 e. The highest BCUT2D eigenvalue weighted by atomic mass is 16.5. The lowest BCUT2D eigenvalue weighted by Gasteiger charge is -2.36. The summed E-state index contributed by atoms with van der Waals surface area (Å²) in [7, 11) is 0. The second-order valence-corrected chi connectivity index (χ2v) is 7.31. The Labute approximate surface area is 170 Å². The van der Waals surface area contributed by atoms with Gasteiger partial charge in [0.05, 0.1) is 12.8 Å². The number of aromatic amines is 1. The lowest BCUT2D eigenvalue weighted by atomic mass is 10.1. The van der Waals surface area contributed by atoms with Gasteiger partial charge >= 0.3 is 0 Å². The highest BCUT2D eigenvalue weighted by Crippen LogP contribution is 2.26. The summed E-state index contributed by atoms with van der Waals surface area (Å²) in [6.07, 6.45) is 4.62. The number of carbonyl (C=O) groups excluding carboxylic acids is 1. The first-order chi connectivity index (χ1) is 14.2. The largest absolute Gasteiger partial charge is 0.492 e. The van der Waals surface area contributed by atoms with Gasteiger partial charge in [-0.15, -0.1) is 0 Å². The number of fused-ring (bicyclic) bond motifs is 1. The molecule has 7 nitrogen and oxygen atoms in total. The second kappa shape index (κ2) is 8.96. The van der Waals surface area contributed by atoms with Gasteiger partial charge in [-0.25, -0.2) is 4.98 Å². The van der Waals surface area contributed by atoms with Crippen molar-refractivity contribution in [3.05, 3.63) is 48.8 Å². The highest BCUT2D eigenvalue weighted by molar-refractivity contribution is 5.92. The first-order valence-corrected chi connectivity index (χ1v) is 10.1. The van der Waals surface area contributed by atoms with Crippen molar-refractivity contribution in [3.63, 3.8) is 0 Å². The van der Waals surface area contributed by atoms with Crippen LogP contribution in [0.1, 0.15) is 13.3 Å². The maximum absolute atomic E-state index is 11.0. The molecule has 1 aliphatic rings. The van der Waals surface area contributed by atoms with Gasteiger partial charge in [-0.1, -0.05) is 6.07 Å². The minimum absolute atomic E-state index is 0.129. The molecule has 2 N–H and O–H groups in total. The molecule has 0 radical (unpaired) electrons. The van der Waals surface area contributed by atoms with Crippen LogP contribution in [-0.4, -0.2) is 60.1 Å². The van der Waals surface area contributed by atoms with E-state index in [1.165, 1.54) is 23.5 Å². The molecule has 3 heterocycles. The molecule has 0 aliphatic carbocycles. The number of nitrogens with zero attached hydrogens (tertiary/aromatic N) is 3. The summed E-state index contributed by atoms with van der Waals surface area (Å²) in [6.45, 7) is 7.36. The summed E-state index contributed by atoms with van der Waals surface area (Å²) < 4.78 is 5.77. The fraction of sp³-hybridized carbons (Fsp3) is 0.364. The van der Waals surface area contributed by atoms with Crippen LogP contribution in [0.15, 0.2) is 48.8 Å². The number of piperazine rings is 1. The Morgan fingerprint density at radius 3 is 2.79 bits per heavy atom. The number of ether oxygens (including phenoxy) is 1. The molecule has 1 amide bonds. The van der Waals surface area contributed by atoms with Crippen LogP contribution in [0.2, 0.25) is 0 Å². The van der Waals surface area contributed by atoms with E-state index >= 15 is 0 Å². The zero-order valence-electron chi connectivity index (χ0n) is 16.7. The summed E-state index contributed by atoms with van der Waals surface area (Å²) in [4.78, 5) is 23.4. The molecule has 0 bridgehead atoms. The standard InChI is InChI=1S/C22H27N5O2/c1-17(28)25-22-7-6-18(16-24-22)29-15-3-10-26-11-13-27(14-12-26)21-5-2-4-20-19(21)8-9-23-20/h2,4-9,16,23H,3,10-15H2,1H3,(H,24,25,28). The Hall–Kier alpha value is -3.06. The molecule has 0 saturated carbocycles. The molecule has 0 atom stereocenters. The van der Waals surface area contributed by atoms with E-state index in [1.54, 1.807) is 12.3 Å². The average molecular weight is 393 g/mol. The van der Waals surface area contributed by atoms with Gasteiger partial charge in [0.15, 0.2) is 0 Å². The van der Waals surface area contributed by atoms with Crippen molar-refractivity contribution < 1.29 is 9.53 Å². The molecule has 7 heteroatoms. The lowest BCUT2D eigenvalue weighted by Crippen LogP contribution is -2.46. The van der Waals surface area contributed by atoms with E-state index in [0.29, 0.717) is 12.4 Å². The molecule has 1 fully saturated rings. The zero-order valence-corrected chi connectivity index (χ0v) is 16.7. The Kier molecular flexibility index (Phi) is 5.95. The van der Waals surface area contributed by atoms with Crippen LogP contribution < -0.4 is 15.0 Å². The van der Waals surface area contributed by atoms with Crippen LogP contribution in [0.3, 0.4) is 0 Å². The average Bonchev–Trinajstić information content (AvgIpc) is 3.21. The number of nitrogens with one attached hydrogen (secondary N) is 2. The number of anilines is 2. The Balaban J connectivity index is 1.19. The zero-order chi connectivity index (χ0) is 20.1. The predicted molar refractivity (Wildman–Crippen MR) is 116 cm³/mol. The topological polar surface area (TPSA) is 73.5 Å². The molecule has 29 heavy (non-hydrogen) atoms. The molecular formula is C22H27N5O2. The van der Waals surface area contributed by atoms with Crippen LogP contribution in [0.4, 0.5) is 11.5 Å². The number of hydrogen-bond acceptors (Lipinski definition) is 5. The number of carbonyl (C=O) groups is 1. The van der Waals surface area contributed by atoms with E-state index in [0.717, 1.165) is 44.9 Å². The summed E-state index contributed by atoms with van der Waals surface area (Å²) in [6, 6.07) is 12.2. The monoisotopic (exact) mass is 393 g/mol. The number of aromatic nitrogens is 2. The summed E-state index contributed by atoms with van der Waals surface area (Å²) >= 11 is 0. The van der Waals surface area contributed by atoms with Crippen LogP contribution >= 0.6 is 0 Å². The summed E-state index contributed by atoms with van der Waals surface area (Å²) in [5, 5.41) is 3.95. The van der Waals surface area contributed by atoms with E-state index in [2.05, 4.69) is 49.4 Å². The highest BCUT2D eigenvalue weighted by Gasteiger charge is 2.18. The Morgan fingerprint density at radius 1 is 1.17 bits per heavy atom. The number of pyridine rings is 1. The van der Waals surface area contributed by atoms with Crippen molar-refractivity contribution in [3.8, 4) is 5.75 Å². The van der Waals surface area contributed by atoms with Crippen LogP contribution in [-0.2, 0) is 4.79 Å². The second-order valence-electron chi connectivity index (χ2n) is 7.31. The fourth-order valence-corrected chi connectivity index (χ4v) is 3.76. The van der Waals surface area contributed by atoms with Crippen LogP contribution in [0, 0.1) is 0 Å².